The minimum atomic E-state index is -2.80. The van der Waals surface area contributed by atoms with Crippen LogP contribution in [0.5, 0.6) is 0 Å². The van der Waals surface area contributed by atoms with Crippen LogP contribution in [-0.2, 0) is 20.8 Å². The Hall–Kier alpha value is -2.86. The van der Waals surface area contributed by atoms with Crippen molar-refractivity contribution in [1.82, 2.24) is 0 Å². The largest absolute Gasteiger partial charge is 0.550 e. The molecule has 1 unspecified atom stereocenters. The molecule has 10 heteroatoms. The van der Waals surface area contributed by atoms with E-state index in [2.05, 4.69) is 74.4 Å². The summed E-state index contributed by atoms with van der Waals surface area (Å²) < 4.78 is 3.16. The van der Waals surface area contributed by atoms with E-state index >= 15 is 0 Å². The van der Waals surface area contributed by atoms with E-state index in [1.54, 1.807) is 7.14 Å². The molecule has 0 saturated carbocycles. The zero-order valence-corrected chi connectivity index (χ0v) is 21.0. The highest BCUT2D eigenvalue weighted by Crippen LogP contribution is 2.20. The zero-order chi connectivity index (χ0) is 24.9. The zero-order valence-electron chi connectivity index (χ0n) is 18.8. The molecule has 0 aromatic heterocycles. The molecule has 1 aliphatic heterocycles. The first kappa shape index (κ1) is 26.4. The second kappa shape index (κ2) is 10.8. The molecule has 2 aromatic rings. The summed E-state index contributed by atoms with van der Waals surface area (Å²) in [6.45, 7) is 0. The first-order chi connectivity index (χ1) is 15.3. The topological polar surface area (TPSA) is 141 Å². The molecule has 178 valence electrons. The molecule has 1 heterocycles. The van der Waals surface area contributed by atoms with Gasteiger partial charge in [0.25, 0.3) is 0 Å². The molecule has 0 radical (unpaired) electrons. The van der Waals surface area contributed by atoms with Gasteiger partial charge in [-0.2, -0.15) is 0 Å². The summed E-state index contributed by atoms with van der Waals surface area (Å²) in [4.78, 5) is 34.7. The number of carboxylic acid groups (broad SMARTS) is 3. The van der Waals surface area contributed by atoms with Gasteiger partial charge < -0.3 is 35.0 Å². The third kappa shape index (κ3) is 7.06. The first-order valence-electron chi connectivity index (χ1n) is 9.95. The molecule has 0 bridgehead atoms. The third-order valence-electron chi connectivity index (χ3n) is 4.97. The SMILES string of the molecule is CN(C)c1ccc2c(c1)[I+]c1cc(N(C)C)ccc1C2.O=C([O-])CC(O)(CC(=O)O)C(=O)O. The second-order valence-electron chi connectivity index (χ2n) is 8.07. The highest BCUT2D eigenvalue weighted by atomic mass is 127. The summed E-state index contributed by atoms with van der Waals surface area (Å²) in [6, 6.07) is 13.9. The molecule has 1 aliphatic rings. The standard InChI is InChI=1S/C17H20IN2.C6H8O7/c1-19(2)14-7-5-12-9-13-6-8-15(20(3)4)11-17(13)18-16(12)10-14;7-3(8)1-6(13,5(11)12)2-4(9)10/h5-8,10-11H,9H2,1-4H3;13H,1-2H2,(H,7,8)(H,9,10)(H,11,12)/q+1;/p-1. The fourth-order valence-electron chi connectivity index (χ4n) is 3.11. The van der Waals surface area contributed by atoms with E-state index in [9.17, 15) is 19.5 Å². The molecule has 0 saturated heterocycles. The van der Waals surface area contributed by atoms with Crippen LogP contribution in [0.15, 0.2) is 36.4 Å². The molecule has 3 rings (SSSR count). The van der Waals surface area contributed by atoms with Crippen LogP contribution in [-0.4, -0.2) is 67.0 Å². The average Bonchev–Trinajstić information content (AvgIpc) is 2.70. The number of aliphatic carboxylic acids is 3. The van der Waals surface area contributed by atoms with Gasteiger partial charge in [-0.1, -0.05) is 12.1 Å². The molecule has 3 N–H and O–H groups in total. The Morgan fingerprint density at radius 3 is 1.70 bits per heavy atom. The Balaban J connectivity index is 0.000000260. The third-order valence-corrected chi connectivity index (χ3v) is 8.14. The second-order valence-corrected chi connectivity index (χ2v) is 10.9. The number of hydrogen-bond donors (Lipinski definition) is 3. The molecule has 0 amide bonds. The number of rotatable bonds is 7. The molecule has 0 aliphatic carbocycles. The van der Waals surface area contributed by atoms with E-state index in [1.165, 1.54) is 22.5 Å². The fraction of sp³-hybridized carbons (Fsp3) is 0.348. The van der Waals surface area contributed by atoms with E-state index in [0.717, 1.165) is 6.42 Å². The summed E-state index contributed by atoms with van der Waals surface area (Å²) in [5, 5.41) is 35.5. The maximum absolute atomic E-state index is 10.3. The average molecular weight is 570 g/mol. The molecule has 0 fully saturated rings. The summed E-state index contributed by atoms with van der Waals surface area (Å²) in [7, 11) is 8.45. The van der Waals surface area contributed by atoms with Gasteiger partial charge in [0.05, 0.1) is 6.42 Å². The van der Waals surface area contributed by atoms with Crippen LogP contribution >= 0.6 is 0 Å². The minimum Gasteiger partial charge on any atom is -0.550 e. The Morgan fingerprint density at radius 1 is 0.909 bits per heavy atom. The number of fused-ring (bicyclic) bond motifs is 2. The normalized spacial score (nSPS) is 13.4. The van der Waals surface area contributed by atoms with Crippen LogP contribution in [0.4, 0.5) is 11.4 Å². The van der Waals surface area contributed by atoms with E-state index in [0.29, 0.717) is 0 Å². The van der Waals surface area contributed by atoms with Crippen molar-refractivity contribution in [3.63, 3.8) is 0 Å². The molecule has 2 aromatic carbocycles. The van der Waals surface area contributed by atoms with Crippen LogP contribution in [0.1, 0.15) is 24.0 Å². The molecule has 9 nitrogen and oxygen atoms in total. The predicted molar refractivity (Wildman–Crippen MR) is 116 cm³/mol. The van der Waals surface area contributed by atoms with Gasteiger partial charge in [0.2, 0.25) is 0 Å². The number of hydrogen-bond acceptors (Lipinski definition) is 7. The van der Waals surface area contributed by atoms with Gasteiger partial charge >= 0.3 is 33.1 Å². The van der Waals surface area contributed by atoms with Crippen molar-refractivity contribution in [2.75, 3.05) is 38.0 Å². The number of benzene rings is 2. The summed E-state index contributed by atoms with van der Waals surface area (Å²) in [5.41, 5.74) is 2.87. The van der Waals surface area contributed by atoms with Crippen LogP contribution in [0.3, 0.4) is 0 Å². The lowest BCUT2D eigenvalue weighted by atomic mass is 9.96. The number of carboxylic acids is 3. The van der Waals surface area contributed by atoms with Crippen LogP contribution in [0.25, 0.3) is 0 Å². The molecular formula is C23H27IN2O7. The highest BCUT2D eigenvalue weighted by molar-refractivity contribution is 5.87. The lowest BCUT2D eigenvalue weighted by Crippen LogP contribution is -3.62. The molecule has 1 atom stereocenters. The maximum Gasteiger partial charge on any atom is 0.358 e. The number of carbonyl (C=O) groups is 3. The van der Waals surface area contributed by atoms with Crippen molar-refractivity contribution in [1.29, 1.82) is 0 Å². The number of halogens is 1. The number of carbonyl (C=O) groups excluding carboxylic acids is 1. The van der Waals surface area contributed by atoms with Gasteiger partial charge in [-0.25, -0.2) is 4.79 Å². The van der Waals surface area contributed by atoms with Crippen molar-refractivity contribution < 1.29 is 56.0 Å². The predicted octanol–water partition coefficient (Wildman–Crippen LogP) is -2.73. The maximum atomic E-state index is 10.3. The quantitative estimate of drug-likeness (QED) is 0.258. The highest BCUT2D eigenvalue weighted by Gasteiger charge is 2.38. The fourth-order valence-corrected chi connectivity index (χ4v) is 6.12. The molecule has 0 spiro atoms. The van der Waals surface area contributed by atoms with Crippen molar-refractivity contribution in [2.24, 2.45) is 0 Å². The van der Waals surface area contributed by atoms with Crippen LogP contribution < -0.4 is 36.1 Å². The van der Waals surface area contributed by atoms with Gasteiger partial charge in [-0.05, 0) is 12.1 Å². The monoisotopic (exact) mass is 570 g/mol. The molecule has 33 heavy (non-hydrogen) atoms. The van der Waals surface area contributed by atoms with Gasteiger partial charge in [0, 0.05) is 81.6 Å². The van der Waals surface area contributed by atoms with Crippen molar-refractivity contribution in [3.8, 4) is 0 Å². The number of nitrogens with zero attached hydrogens (tertiary/aromatic N) is 2. The Labute approximate surface area is 202 Å². The first-order valence-corrected chi connectivity index (χ1v) is 12.1. The van der Waals surface area contributed by atoms with Gasteiger partial charge in [-0.3, -0.25) is 4.79 Å². The Morgan fingerprint density at radius 2 is 1.36 bits per heavy atom. The van der Waals surface area contributed by atoms with E-state index in [4.69, 9.17) is 15.3 Å². The van der Waals surface area contributed by atoms with Crippen molar-refractivity contribution >= 4 is 29.3 Å². The van der Waals surface area contributed by atoms with Crippen molar-refractivity contribution in [2.45, 2.75) is 24.9 Å². The van der Waals surface area contributed by atoms with Crippen LogP contribution in [0.2, 0.25) is 0 Å². The van der Waals surface area contributed by atoms with Gasteiger partial charge in [-0.15, -0.1) is 0 Å². The minimum absolute atomic E-state index is 0.0627. The Kier molecular flexibility index (Phi) is 8.67. The van der Waals surface area contributed by atoms with Crippen molar-refractivity contribution in [3.05, 3.63) is 54.7 Å². The smallest absolute Gasteiger partial charge is 0.358 e. The van der Waals surface area contributed by atoms with E-state index in [1.807, 2.05) is 0 Å². The summed E-state index contributed by atoms with van der Waals surface area (Å²) in [6.07, 6.45) is -1.35. The number of anilines is 2. The summed E-state index contributed by atoms with van der Waals surface area (Å²) in [5.74, 6) is -5.34. The molecular weight excluding hydrogens is 543 g/mol. The van der Waals surface area contributed by atoms with Gasteiger partial charge in [0.15, 0.2) is 12.7 Å². The lowest BCUT2D eigenvalue weighted by Gasteiger charge is -2.21. The Bertz CT molecular complexity index is 982. The van der Waals surface area contributed by atoms with E-state index in [-0.39, 0.29) is 21.2 Å². The van der Waals surface area contributed by atoms with Gasteiger partial charge in [0.1, 0.15) is 0 Å². The number of aliphatic hydroxyl groups is 1. The lowest BCUT2D eigenvalue weighted by molar-refractivity contribution is -0.601. The van der Waals surface area contributed by atoms with Crippen LogP contribution in [0, 0.1) is 7.14 Å². The van der Waals surface area contributed by atoms with E-state index < -0.39 is 36.4 Å². The summed E-state index contributed by atoms with van der Waals surface area (Å²) >= 11 is -0.0627.